The Morgan fingerprint density at radius 3 is 2.47 bits per heavy atom. The third-order valence-electron chi connectivity index (χ3n) is 5.09. The summed E-state index contributed by atoms with van der Waals surface area (Å²) in [5, 5.41) is 3.78. The smallest absolute Gasteiger partial charge is 0.407 e. The van der Waals surface area contributed by atoms with Crippen molar-refractivity contribution < 1.29 is 19.0 Å². The molecule has 0 fully saturated rings. The Balaban J connectivity index is 2.15. The van der Waals surface area contributed by atoms with Crippen LogP contribution in [0.15, 0.2) is 30.5 Å². The number of aromatic nitrogens is 3. The molecule has 1 N–H and O–H groups in total. The fourth-order valence-electron chi connectivity index (χ4n) is 3.82. The van der Waals surface area contributed by atoms with Crippen molar-refractivity contribution in [3.63, 3.8) is 0 Å². The molecule has 0 aliphatic carbocycles. The van der Waals surface area contributed by atoms with Crippen molar-refractivity contribution in [3.05, 3.63) is 47.0 Å². The SMILES string of the molecule is CCOC(OCC)c1c(-c2ccccc2C)c2cnc(Cl)nc2n1CCNC(=O)OC(C)(C)C. The quantitative estimate of drug-likeness (QED) is 0.309. The highest BCUT2D eigenvalue weighted by Crippen LogP contribution is 2.40. The van der Waals surface area contributed by atoms with E-state index in [1.807, 2.05) is 51.3 Å². The lowest BCUT2D eigenvalue weighted by atomic mass is 9.98. The summed E-state index contributed by atoms with van der Waals surface area (Å²) in [5.41, 5.74) is 3.91. The molecule has 0 saturated heterocycles. The molecule has 0 bridgehead atoms. The van der Waals surface area contributed by atoms with Gasteiger partial charge in [0.1, 0.15) is 11.2 Å². The number of carbonyl (C=O) groups is 1. The number of fused-ring (bicyclic) bond motifs is 1. The number of amides is 1. The zero-order valence-corrected chi connectivity index (χ0v) is 21.4. The molecule has 2 heterocycles. The molecule has 0 unspecified atom stereocenters. The number of nitrogens with zero attached hydrogens (tertiary/aromatic N) is 3. The zero-order valence-electron chi connectivity index (χ0n) is 20.6. The lowest BCUT2D eigenvalue weighted by Gasteiger charge is -2.23. The molecule has 184 valence electrons. The summed E-state index contributed by atoms with van der Waals surface area (Å²) in [7, 11) is 0. The summed E-state index contributed by atoms with van der Waals surface area (Å²) < 4.78 is 19.4. The summed E-state index contributed by atoms with van der Waals surface area (Å²) in [4.78, 5) is 21.0. The van der Waals surface area contributed by atoms with E-state index in [0.717, 1.165) is 27.8 Å². The van der Waals surface area contributed by atoms with Gasteiger partial charge in [0.15, 0.2) is 6.29 Å². The van der Waals surface area contributed by atoms with Crippen molar-refractivity contribution in [1.29, 1.82) is 0 Å². The van der Waals surface area contributed by atoms with Crippen LogP contribution in [0.25, 0.3) is 22.2 Å². The van der Waals surface area contributed by atoms with E-state index in [0.29, 0.717) is 32.0 Å². The van der Waals surface area contributed by atoms with Crippen molar-refractivity contribution in [2.24, 2.45) is 0 Å². The highest BCUT2D eigenvalue weighted by Gasteiger charge is 2.28. The molecule has 8 nitrogen and oxygen atoms in total. The fraction of sp³-hybridized carbons (Fsp3) is 0.480. The molecule has 0 saturated carbocycles. The molecule has 34 heavy (non-hydrogen) atoms. The van der Waals surface area contributed by atoms with E-state index in [4.69, 9.17) is 25.8 Å². The Morgan fingerprint density at radius 1 is 1.18 bits per heavy atom. The third kappa shape index (κ3) is 6.05. The van der Waals surface area contributed by atoms with Crippen LogP contribution in [0.5, 0.6) is 0 Å². The van der Waals surface area contributed by atoms with E-state index in [2.05, 4.69) is 34.3 Å². The maximum atomic E-state index is 12.2. The first-order valence-electron chi connectivity index (χ1n) is 11.5. The van der Waals surface area contributed by atoms with Crippen LogP contribution in [0.3, 0.4) is 0 Å². The number of halogens is 1. The predicted molar refractivity (Wildman–Crippen MR) is 133 cm³/mol. The van der Waals surface area contributed by atoms with E-state index in [-0.39, 0.29) is 5.28 Å². The Kier molecular flexibility index (Phi) is 8.52. The number of alkyl carbamates (subject to hydrolysis) is 1. The van der Waals surface area contributed by atoms with E-state index in [1.54, 1.807) is 6.20 Å². The van der Waals surface area contributed by atoms with Crippen LogP contribution < -0.4 is 5.32 Å². The minimum absolute atomic E-state index is 0.138. The van der Waals surface area contributed by atoms with Crippen LogP contribution in [0.4, 0.5) is 4.79 Å². The van der Waals surface area contributed by atoms with Gasteiger partial charge in [-0.25, -0.2) is 9.78 Å². The van der Waals surface area contributed by atoms with Crippen molar-refractivity contribution in [3.8, 4) is 11.1 Å². The summed E-state index contributed by atoms with van der Waals surface area (Å²) >= 11 is 6.20. The normalized spacial score (nSPS) is 11.9. The van der Waals surface area contributed by atoms with Gasteiger partial charge in [0.05, 0.1) is 5.69 Å². The highest BCUT2D eigenvalue weighted by atomic mass is 35.5. The lowest BCUT2D eigenvalue weighted by molar-refractivity contribution is -0.143. The fourth-order valence-corrected chi connectivity index (χ4v) is 3.95. The van der Waals surface area contributed by atoms with Crippen molar-refractivity contribution in [1.82, 2.24) is 19.9 Å². The Morgan fingerprint density at radius 2 is 1.85 bits per heavy atom. The van der Waals surface area contributed by atoms with Gasteiger partial charge in [0, 0.05) is 43.4 Å². The van der Waals surface area contributed by atoms with Gasteiger partial charge in [-0.1, -0.05) is 24.3 Å². The largest absolute Gasteiger partial charge is 0.444 e. The van der Waals surface area contributed by atoms with Gasteiger partial charge in [0.2, 0.25) is 5.28 Å². The molecule has 0 spiro atoms. The molecule has 0 aliphatic heterocycles. The zero-order chi connectivity index (χ0) is 24.9. The monoisotopic (exact) mass is 488 g/mol. The molecule has 0 radical (unpaired) electrons. The second-order valence-electron chi connectivity index (χ2n) is 8.77. The van der Waals surface area contributed by atoms with E-state index in [9.17, 15) is 4.79 Å². The Labute approximate surface area is 205 Å². The summed E-state index contributed by atoms with van der Waals surface area (Å²) in [5.74, 6) is 0. The molecular formula is C25H33ClN4O4. The van der Waals surface area contributed by atoms with Crippen LogP contribution in [0.1, 0.15) is 52.2 Å². The van der Waals surface area contributed by atoms with Gasteiger partial charge < -0.3 is 24.1 Å². The number of ether oxygens (including phenoxy) is 3. The number of nitrogens with one attached hydrogen (secondary N) is 1. The van der Waals surface area contributed by atoms with Gasteiger partial charge in [-0.2, -0.15) is 4.98 Å². The van der Waals surface area contributed by atoms with Crippen molar-refractivity contribution in [2.75, 3.05) is 19.8 Å². The topological polar surface area (TPSA) is 87.5 Å². The van der Waals surface area contributed by atoms with Crippen LogP contribution in [0.2, 0.25) is 5.28 Å². The molecule has 0 aliphatic rings. The average Bonchev–Trinajstić information content (AvgIpc) is 3.06. The number of hydrogen-bond donors (Lipinski definition) is 1. The second kappa shape index (κ2) is 11.2. The average molecular weight is 489 g/mol. The van der Waals surface area contributed by atoms with Crippen LogP contribution >= 0.6 is 11.6 Å². The number of rotatable bonds is 9. The standard InChI is InChI=1S/C25H33ClN4O4/c1-7-32-22(33-8-2)20-19(17-12-10-9-11-16(17)3)18-15-28-23(26)29-21(18)30(20)14-13-27-24(31)34-25(4,5)6/h9-12,15,22H,7-8,13-14H2,1-6H3,(H,27,31). The number of hydrogen-bond acceptors (Lipinski definition) is 6. The summed E-state index contributed by atoms with van der Waals surface area (Å²) in [6.45, 7) is 13.0. The van der Waals surface area contributed by atoms with Crippen LogP contribution in [-0.2, 0) is 20.8 Å². The van der Waals surface area contributed by atoms with Crippen molar-refractivity contribution in [2.45, 2.75) is 60.0 Å². The van der Waals surface area contributed by atoms with E-state index in [1.165, 1.54) is 0 Å². The minimum atomic E-state index is -0.640. The molecular weight excluding hydrogens is 456 g/mol. The Bertz CT molecular complexity index is 1130. The lowest BCUT2D eigenvalue weighted by Crippen LogP contribution is -2.34. The molecule has 1 aromatic carbocycles. The van der Waals surface area contributed by atoms with Gasteiger partial charge in [-0.3, -0.25) is 0 Å². The number of carbonyl (C=O) groups excluding carboxylic acids is 1. The van der Waals surface area contributed by atoms with E-state index >= 15 is 0 Å². The van der Waals surface area contributed by atoms with Crippen LogP contribution in [-0.4, -0.2) is 46.0 Å². The number of benzene rings is 1. The van der Waals surface area contributed by atoms with Gasteiger partial charge >= 0.3 is 6.09 Å². The first-order chi connectivity index (χ1) is 16.2. The summed E-state index contributed by atoms with van der Waals surface area (Å²) in [6, 6.07) is 8.10. The molecule has 2 aromatic heterocycles. The first-order valence-corrected chi connectivity index (χ1v) is 11.8. The minimum Gasteiger partial charge on any atom is -0.444 e. The molecule has 1 amide bonds. The van der Waals surface area contributed by atoms with Gasteiger partial charge in [0.25, 0.3) is 0 Å². The maximum Gasteiger partial charge on any atom is 0.407 e. The Hall–Kier alpha value is -2.68. The van der Waals surface area contributed by atoms with Gasteiger partial charge in [-0.05, 0) is 64.3 Å². The summed E-state index contributed by atoms with van der Waals surface area (Å²) in [6.07, 6.45) is 0.602. The molecule has 9 heteroatoms. The van der Waals surface area contributed by atoms with Crippen LogP contribution in [0, 0.1) is 6.92 Å². The highest BCUT2D eigenvalue weighted by molar-refractivity contribution is 6.28. The van der Waals surface area contributed by atoms with E-state index < -0.39 is 18.0 Å². The van der Waals surface area contributed by atoms with Gasteiger partial charge in [-0.15, -0.1) is 0 Å². The predicted octanol–water partition coefficient (Wildman–Crippen LogP) is 5.66. The van der Waals surface area contributed by atoms with Crippen molar-refractivity contribution >= 4 is 28.7 Å². The second-order valence-corrected chi connectivity index (χ2v) is 9.11. The first kappa shape index (κ1) is 25.9. The maximum absolute atomic E-state index is 12.2. The third-order valence-corrected chi connectivity index (χ3v) is 5.27. The molecule has 3 rings (SSSR count). The number of aryl methyl sites for hydroxylation is 1. The molecule has 3 aromatic rings. The molecule has 0 atom stereocenters.